The van der Waals surface area contributed by atoms with Crippen LogP contribution in [0.25, 0.3) is 21.3 Å². The smallest absolute Gasteiger partial charge is 0.123 e. The minimum Gasteiger partial charge on any atom is -0.497 e. The third kappa shape index (κ3) is 7.11. The van der Waals surface area contributed by atoms with Crippen molar-refractivity contribution < 1.29 is 13.9 Å². The zero-order valence-electron chi connectivity index (χ0n) is 18.3. The molecule has 0 aliphatic heterocycles. The summed E-state index contributed by atoms with van der Waals surface area (Å²) in [5.74, 6) is 0.511. The molecular formula is C24H28FN5O2. The van der Waals surface area contributed by atoms with Crippen molar-refractivity contribution in [3.05, 3.63) is 76.0 Å². The molecule has 0 bridgehead atoms. The van der Waals surface area contributed by atoms with Gasteiger partial charge in [-0.2, -0.15) is 0 Å². The average molecular weight is 438 g/mol. The van der Waals surface area contributed by atoms with E-state index >= 15 is 0 Å². The monoisotopic (exact) mass is 437 g/mol. The number of aromatic nitrogens is 1. The normalized spacial score (nSPS) is 10.7. The Kier molecular flexibility index (Phi) is 9.10. The molecule has 0 saturated carbocycles. The van der Waals surface area contributed by atoms with Crippen LogP contribution in [0.3, 0.4) is 0 Å². The quantitative estimate of drug-likeness (QED) is 0.145. The average Bonchev–Trinajstić information content (AvgIpc) is 2.82. The summed E-state index contributed by atoms with van der Waals surface area (Å²) >= 11 is 0. The highest BCUT2D eigenvalue weighted by Crippen LogP contribution is 2.28. The maximum atomic E-state index is 13.2. The summed E-state index contributed by atoms with van der Waals surface area (Å²) in [5.41, 5.74) is 11.9. The first-order valence-corrected chi connectivity index (χ1v) is 10.7. The summed E-state index contributed by atoms with van der Waals surface area (Å²) in [4.78, 5) is 7.48. The second-order valence-corrected chi connectivity index (χ2v) is 7.45. The van der Waals surface area contributed by atoms with Crippen molar-refractivity contribution in [3.63, 3.8) is 0 Å². The van der Waals surface area contributed by atoms with Crippen LogP contribution in [0.5, 0.6) is 5.75 Å². The van der Waals surface area contributed by atoms with E-state index in [4.69, 9.17) is 20.0 Å². The Morgan fingerprint density at radius 1 is 1.06 bits per heavy atom. The number of hydrogen-bond acceptors (Lipinski definition) is 5. The fraction of sp³-hybridized carbons (Fsp3) is 0.375. The molecule has 7 nitrogen and oxygen atoms in total. The zero-order valence-corrected chi connectivity index (χ0v) is 18.3. The van der Waals surface area contributed by atoms with E-state index in [0.717, 1.165) is 59.3 Å². The first kappa shape index (κ1) is 23.3. The van der Waals surface area contributed by atoms with E-state index in [1.807, 2.05) is 24.3 Å². The number of methoxy groups -OCH3 is 1. The minimum atomic E-state index is -0.247. The van der Waals surface area contributed by atoms with Crippen molar-refractivity contribution in [1.29, 1.82) is 0 Å². The summed E-state index contributed by atoms with van der Waals surface area (Å²) in [7, 11) is 1.64. The van der Waals surface area contributed by atoms with Gasteiger partial charge in [0.05, 0.1) is 24.9 Å². The number of rotatable bonds is 13. The topological polar surface area (TPSA) is 92.1 Å². The molecule has 0 unspecified atom stereocenters. The molecule has 0 aliphatic rings. The molecule has 32 heavy (non-hydrogen) atoms. The Hall–Kier alpha value is -3.35. The number of halogens is 1. The Morgan fingerprint density at radius 3 is 2.66 bits per heavy atom. The first-order chi connectivity index (χ1) is 15.7. The lowest BCUT2D eigenvalue weighted by atomic mass is 10.1. The number of unbranched alkanes of at least 4 members (excludes halogenated alkanes) is 3. The molecule has 1 N–H and O–H groups in total. The van der Waals surface area contributed by atoms with Gasteiger partial charge in [0.1, 0.15) is 11.6 Å². The van der Waals surface area contributed by atoms with Crippen molar-refractivity contribution in [2.75, 3.05) is 25.6 Å². The number of nitrogens with zero attached hydrogens (tertiary/aromatic N) is 4. The van der Waals surface area contributed by atoms with Crippen LogP contribution in [0, 0.1) is 5.82 Å². The van der Waals surface area contributed by atoms with Crippen LogP contribution < -0.4 is 10.1 Å². The summed E-state index contributed by atoms with van der Waals surface area (Å²) < 4.78 is 24.4. The summed E-state index contributed by atoms with van der Waals surface area (Å²) in [6, 6.07) is 14.2. The van der Waals surface area contributed by atoms with Crippen molar-refractivity contribution in [2.24, 2.45) is 5.11 Å². The highest BCUT2D eigenvalue weighted by Gasteiger charge is 2.08. The van der Waals surface area contributed by atoms with E-state index in [0.29, 0.717) is 26.3 Å². The number of fused-ring (bicyclic) bond motifs is 1. The second kappa shape index (κ2) is 12.5. The van der Waals surface area contributed by atoms with Gasteiger partial charge in [-0.3, -0.25) is 4.98 Å². The first-order valence-electron chi connectivity index (χ1n) is 10.7. The van der Waals surface area contributed by atoms with E-state index in [1.54, 1.807) is 19.2 Å². The van der Waals surface area contributed by atoms with E-state index in [1.165, 1.54) is 12.1 Å². The van der Waals surface area contributed by atoms with Gasteiger partial charge >= 0.3 is 0 Å². The Bertz CT molecular complexity index is 1050. The molecule has 8 heteroatoms. The fourth-order valence-electron chi connectivity index (χ4n) is 3.37. The largest absolute Gasteiger partial charge is 0.497 e. The molecule has 0 atom stereocenters. The van der Waals surface area contributed by atoms with Crippen molar-refractivity contribution in [1.82, 2.24) is 4.98 Å². The predicted molar refractivity (Wildman–Crippen MR) is 124 cm³/mol. The SMILES string of the molecule is COc1ccc2nc(COCCCCCCN=[N+]=[N-])cc(NCc3ccc(F)cc3)c2c1. The molecule has 0 aliphatic carbocycles. The maximum absolute atomic E-state index is 13.2. The van der Waals surface area contributed by atoms with E-state index in [9.17, 15) is 4.39 Å². The number of anilines is 1. The van der Waals surface area contributed by atoms with Crippen LogP contribution in [0.4, 0.5) is 10.1 Å². The van der Waals surface area contributed by atoms with E-state index in [2.05, 4.69) is 15.3 Å². The van der Waals surface area contributed by atoms with E-state index in [-0.39, 0.29) is 5.82 Å². The highest BCUT2D eigenvalue weighted by atomic mass is 19.1. The van der Waals surface area contributed by atoms with Gasteiger partial charge in [0, 0.05) is 35.7 Å². The van der Waals surface area contributed by atoms with Crippen molar-refractivity contribution in [2.45, 2.75) is 38.8 Å². The van der Waals surface area contributed by atoms with E-state index < -0.39 is 0 Å². The van der Waals surface area contributed by atoms with Gasteiger partial charge in [0.25, 0.3) is 0 Å². The second-order valence-electron chi connectivity index (χ2n) is 7.45. The summed E-state index contributed by atoms with van der Waals surface area (Å²) in [6.45, 7) is 2.19. The van der Waals surface area contributed by atoms with Crippen LogP contribution in [-0.2, 0) is 17.9 Å². The van der Waals surface area contributed by atoms with Gasteiger partial charge in [0.15, 0.2) is 0 Å². The van der Waals surface area contributed by atoms with Gasteiger partial charge < -0.3 is 14.8 Å². The number of azide groups is 1. The molecule has 0 fully saturated rings. The lowest BCUT2D eigenvalue weighted by Gasteiger charge is -2.13. The molecular weight excluding hydrogens is 409 g/mol. The standard InChI is InChI=1S/C24H28FN5O2/c1-31-21-10-11-23-22(15-21)24(27-16-18-6-8-19(25)9-7-18)14-20(29-23)17-32-13-5-3-2-4-12-28-30-26/h6-11,14-15H,2-5,12-13,16-17H2,1H3,(H,27,29). The molecule has 2 aromatic carbocycles. The molecule has 0 radical (unpaired) electrons. The predicted octanol–water partition coefficient (Wildman–Crippen LogP) is 6.38. The molecule has 3 rings (SSSR count). The third-order valence-electron chi connectivity index (χ3n) is 5.08. The Labute approximate surface area is 187 Å². The molecule has 0 saturated heterocycles. The molecule has 0 spiro atoms. The van der Waals surface area contributed by atoms with Gasteiger partial charge in [-0.15, -0.1) is 0 Å². The lowest BCUT2D eigenvalue weighted by molar-refractivity contribution is 0.114. The van der Waals surface area contributed by atoms with Gasteiger partial charge in [0.2, 0.25) is 0 Å². The molecule has 3 aromatic rings. The Balaban J connectivity index is 1.62. The fourth-order valence-corrected chi connectivity index (χ4v) is 3.37. The van der Waals surface area contributed by atoms with Crippen LogP contribution in [0.2, 0.25) is 0 Å². The van der Waals surface area contributed by atoms with Crippen LogP contribution in [0.1, 0.15) is 36.9 Å². The molecule has 0 amide bonds. The van der Waals surface area contributed by atoms with Crippen LogP contribution in [-0.4, -0.2) is 25.2 Å². The van der Waals surface area contributed by atoms with Gasteiger partial charge in [-0.25, -0.2) is 4.39 Å². The maximum Gasteiger partial charge on any atom is 0.123 e. The van der Waals surface area contributed by atoms with Crippen molar-refractivity contribution in [3.8, 4) is 5.75 Å². The van der Waals surface area contributed by atoms with Gasteiger partial charge in [-0.05, 0) is 60.3 Å². The van der Waals surface area contributed by atoms with Gasteiger partial charge in [-0.1, -0.05) is 30.1 Å². The molecule has 168 valence electrons. The number of ether oxygens (including phenoxy) is 2. The summed E-state index contributed by atoms with van der Waals surface area (Å²) in [6.07, 6.45) is 3.92. The van der Waals surface area contributed by atoms with Crippen LogP contribution in [0.15, 0.2) is 53.6 Å². The zero-order chi connectivity index (χ0) is 22.6. The number of benzene rings is 2. The minimum absolute atomic E-state index is 0.247. The Morgan fingerprint density at radius 2 is 1.88 bits per heavy atom. The molecule has 1 heterocycles. The molecule has 1 aromatic heterocycles. The number of pyridine rings is 1. The lowest BCUT2D eigenvalue weighted by Crippen LogP contribution is -2.04. The number of nitrogens with one attached hydrogen (secondary N) is 1. The van der Waals surface area contributed by atoms with Crippen molar-refractivity contribution >= 4 is 16.6 Å². The number of hydrogen-bond donors (Lipinski definition) is 1. The third-order valence-corrected chi connectivity index (χ3v) is 5.08. The summed E-state index contributed by atoms with van der Waals surface area (Å²) in [5, 5.41) is 7.93. The van der Waals surface area contributed by atoms with Crippen LogP contribution >= 0.6 is 0 Å². The highest BCUT2D eigenvalue weighted by molar-refractivity contribution is 5.92.